The zero-order chi connectivity index (χ0) is 18.0. The van der Waals surface area contributed by atoms with Gasteiger partial charge in [0.05, 0.1) is 17.8 Å². The number of allylic oxidation sites excluding steroid dienone is 2. The SMILES string of the molecule is CC1=C(N2CCC[C@@H](C)C2)C=CC(c2cccc(C(F)(F)F)c2)=NC1. The van der Waals surface area contributed by atoms with Crippen molar-refractivity contribution in [2.45, 2.75) is 32.9 Å². The van der Waals surface area contributed by atoms with Crippen molar-refractivity contribution in [1.82, 2.24) is 4.90 Å². The fourth-order valence-corrected chi connectivity index (χ4v) is 3.46. The van der Waals surface area contributed by atoms with E-state index in [1.807, 2.05) is 12.2 Å². The molecule has 0 radical (unpaired) electrons. The second-order valence-corrected chi connectivity index (χ2v) is 6.97. The predicted octanol–water partition coefficient (Wildman–Crippen LogP) is 5.07. The second-order valence-electron chi connectivity index (χ2n) is 6.97. The van der Waals surface area contributed by atoms with E-state index in [9.17, 15) is 13.2 Å². The highest BCUT2D eigenvalue weighted by atomic mass is 19.4. The quantitative estimate of drug-likeness (QED) is 0.728. The molecular weight excluding hydrogens is 325 g/mol. The van der Waals surface area contributed by atoms with Gasteiger partial charge in [-0.15, -0.1) is 0 Å². The Morgan fingerprint density at radius 3 is 2.72 bits per heavy atom. The first-order chi connectivity index (χ1) is 11.8. The van der Waals surface area contributed by atoms with E-state index >= 15 is 0 Å². The highest BCUT2D eigenvalue weighted by Gasteiger charge is 2.30. The number of nitrogens with zero attached hydrogens (tertiary/aromatic N) is 2. The number of halogens is 3. The Hall–Kier alpha value is -2.04. The Bertz CT molecular complexity index is 729. The number of hydrogen-bond donors (Lipinski definition) is 0. The summed E-state index contributed by atoms with van der Waals surface area (Å²) < 4.78 is 38.8. The minimum Gasteiger partial charge on any atom is -0.371 e. The average Bonchev–Trinajstić information content (AvgIpc) is 2.76. The van der Waals surface area contributed by atoms with Gasteiger partial charge in [0.15, 0.2) is 0 Å². The molecule has 3 rings (SSSR count). The molecule has 0 bridgehead atoms. The first-order valence-corrected chi connectivity index (χ1v) is 8.69. The summed E-state index contributed by atoms with van der Waals surface area (Å²) in [7, 11) is 0. The summed E-state index contributed by atoms with van der Waals surface area (Å²) in [5, 5.41) is 0. The first kappa shape index (κ1) is 17.8. The zero-order valence-electron chi connectivity index (χ0n) is 14.6. The van der Waals surface area contributed by atoms with Crippen LogP contribution >= 0.6 is 0 Å². The largest absolute Gasteiger partial charge is 0.416 e. The number of alkyl halides is 3. The monoisotopic (exact) mass is 348 g/mol. The molecule has 25 heavy (non-hydrogen) atoms. The number of piperidine rings is 1. The highest BCUT2D eigenvalue weighted by molar-refractivity contribution is 6.09. The summed E-state index contributed by atoms with van der Waals surface area (Å²) in [5.41, 5.74) is 2.79. The summed E-state index contributed by atoms with van der Waals surface area (Å²) >= 11 is 0. The lowest BCUT2D eigenvalue weighted by Gasteiger charge is -2.34. The molecule has 0 spiro atoms. The molecule has 134 valence electrons. The zero-order valence-corrected chi connectivity index (χ0v) is 14.6. The van der Waals surface area contributed by atoms with Gasteiger partial charge < -0.3 is 4.90 Å². The van der Waals surface area contributed by atoms with Crippen molar-refractivity contribution in [1.29, 1.82) is 0 Å². The van der Waals surface area contributed by atoms with E-state index in [4.69, 9.17) is 0 Å². The van der Waals surface area contributed by atoms with Crippen LogP contribution in [0.3, 0.4) is 0 Å². The van der Waals surface area contributed by atoms with Crippen molar-refractivity contribution in [2.24, 2.45) is 10.9 Å². The minimum atomic E-state index is -4.34. The van der Waals surface area contributed by atoms with Crippen LogP contribution in [0.4, 0.5) is 13.2 Å². The molecule has 2 heterocycles. The molecule has 0 aliphatic carbocycles. The maximum atomic E-state index is 12.9. The topological polar surface area (TPSA) is 15.6 Å². The van der Waals surface area contributed by atoms with Crippen LogP contribution in [0.5, 0.6) is 0 Å². The van der Waals surface area contributed by atoms with Gasteiger partial charge in [0.1, 0.15) is 0 Å². The fraction of sp³-hybridized carbons (Fsp3) is 0.450. The van der Waals surface area contributed by atoms with Gasteiger partial charge in [-0.2, -0.15) is 13.2 Å². The first-order valence-electron chi connectivity index (χ1n) is 8.69. The molecule has 1 fully saturated rings. The van der Waals surface area contributed by atoms with Crippen molar-refractivity contribution < 1.29 is 13.2 Å². The average molecular weight is 348 g/mol. The molecular formula is C20H23F3N2. The van der Waals surface area contributed by atoms with E-state index in [2.05, 4.69) is 23.7 Å². The lowest BCUT2D eigenvalue weighted by atomic mass is 9.99. The van der Waals surface area contributed by atoms with Crippen molar-refractivity contribution in [3.05, 3.63) is 58.8 Å². The second kappa shape index (κ2) is 7.06. The number of hydrogen-bond acceptors (Lipinski definition) is 2. The molecule has 5 heteroatoms. The van der Waals surface area contributed by atoms with Gasteiger partial charge in [-0.05, 0) is 55.5 Å². The normalized spacial score (nSPS) is 22.0. The Kier molecular flexibility index (Phi) is 5.02. The Morgan fingerprint density at radius 2 is 2.00 bits per heavy atom. The van der Waals surface area contributed by atoms with Crippen LogP contribution in [0.25, 0.3) is 0 Å². The summed E-state index contributed by atoms with van der Waals surface area (Å²) in [6.45, 7) is 6.87. The van der Waals surface area contributed by atoms with Crippen LogP contribution in [-0.2, 0) is 6.18 Å². The highest BCUT2D eigenvalue weighted by Crippen LogP contribution is 2.30. The molecule has 2 nitrogen and oxygen atoms in total. The molecule has 0 amide bonds. The standard InChI is InChI=1S/C20H23F3N2/c1-14-5-4-10-25(13-14)19-9-8-18(24-12-15(19)2)16-6-3-7-17(11-16)20(21,22)23/h3,6-9,11,14H,4-5,10,12-13H2,1-2H3/t14-/m1/s1. The van der Waals surface area contributed by atoms with Crippen molar-refractivity contribution in [3.8, 4) is 0 Å². The molecule has 2 aliphatic heterocycles. The van der Waals surface area contributed by atoms with Crippen LogP contribution in [0.2, 0.25) is 0 Å². The summed E-state index contributed by atoms with van der Waals surface area (Å²) in [4.78, 5) is 6.92. The number of likely N-dealkylation sites (tertiary alicyclic amines) is 1. The number of rotatable bonds is 2. The Labute approximate surface area is 146 Å². The molecule has 0 aromatic heterocycles. The molecule has 0 N–H and O–H groups in total. The molecule has 1 aromatic carbocycles. The number of aliphatic imine (C=N–C) groups is 1. The van der Waals surface area contributed by atoms with Gasteiger partial charge in [0, 0.05) is 24.4 Å². The van der Waals surface area contributed by atoms with Gasteiger partial charge in [0.25, 0.3) is 0 Å². The van der Waals surface area contributed by atoms with E-state index in [0.717, 1.165) is 30.4 Å². The third kappa shape index (κ3) is 4.14. The van der Waals surface area contributed by atoms with E-state index in [0.29, 0.717) is 23.7 Å². The van der Waals surface area contributed by atoms with Crippen LogP contribution in [-0.4, -0.2) is 30.2 Å². The Morgan fingerprint density at radius 1 is 1.20 bits per heavy atom. The smallest absolute Gasteiger partial charge is 0.371 e. The molecule has 2 aliphatic rings. The van der Waals surface area contributed by atoms with Gasteiger partial charge >= 0.3 is 6.18 Å². The van der Waals surface area contributed by atoms with Crippen LogP contribution in [0, 0.1) is 5.92 Å². The minimum absolute atomic E-state index is 0.507. The predicted molar refractivity (Wildman–Crippen MR) is 94.7 cm³/mol. The van der Waals surface area contributed by atoms with Crippen LogP contribution in [0.1, 0.15) is 37.8 Å². The maximum absolute atomic E-state index is 12.9. The molecule has 0 saturated carbocycles. The summed E-state index contributed by atoms with van der Waals surface area (Å²) in [6, 6.07) is 5.38. The lowest BCUT2D eigenvalue weighted by Crippen LogP contribution is -2.33. The molecule has 1 aromatic rings. The van der Waals surface area contributed by atoms with E-state index in [1.54, 1.807) is 6.07 Å². The third-order valence-electron chi connectivity index (χ3n) is 4.81. The van der Waals surface area contributed by atoms with E-state index in [1.165, 1.54) is 25.0 Å². The van der Waals surface area contributed by atoms with E-state index < -0.39 is 11.7 Å². The Balaban J connectivity index is 1.84. The van der Waals surface area contributed by atoms with E-state index in [-0.39, 0.29) is 0 Å². The summed E-state index contributed by atoms with van der Waals surface area (Å²) in [6.07, 6.45) is 1.94. The number of benzene rings is 1. The van der Waals surface area contributed by atoms with Gasteiger partial charge in [-0.1, -0.05) is 19.1 Å². The van der Waals surface area contributed by atoms with Crippen molar-refractivity contribution in [3.63, 3.8) is 0 Å². The van der Waals surface area contributed by atoms with Crippen molar-refractivity contribution in [2.75, 3.05) is 19.6 Å². The van der Waals surface area contributed by atoms with Crippen LogP contribution in [0.15, 0.2) is 52.7 Å². The van der Waals surface area contributed by atoms with Crippen LogP contribution < -0.4 is 0 Å². The molecule has 0 unspecified atom stereocenters. The van der Waals surface area contributed by atoms with Crippen molar-refractivity contribution >= 4 is 5.71 Å². The third-order valence-corrected chi connectivity index (χ3v) is 4.81. The fourth-order valence-electron chi connectivity index (χ4n) is 3.46. The lowest BCUT2D eigenvalue weighted by molar-refractivity contribution is -0.137. The molecule has 1 atom stereocenters. The van der Waals surface area contributed by atoms with Gasteiger partial charge in [-0.3, -0.25) is 4.99 Å². The maximum Gasteiger partial charge on any atom is 0.416 e. The molecule has 1 saturated heterocycles. The van der Waals surface area contributed by atoms with Gasteiger partial charge in [-0.25, -0.2) is 0 Å². The summed E-state index contributed by atoms with van der Waals surface area (Å²) in [5.74, 6) is 0.662. The van der Waals surface area contributed by atoms with Gasteiger partial charge in [0.2, 0.25) is 0 Å².